The number of hydrogen-bond donors (Lipinski definition) is 1. The fourth-order valence-corrected chi connectivity index (χ4v) is 2.40. The van der Waals surface area contributed by atoms with Crippen LogP contribution in [-0.4, -0.2) is 13.1 Å². The van der Waals surface area contributed by atoms with Crippen LogP contribution in [0, 0.1) is 11.6 Å². The summed E-state index contributed by atoms with van der Waals surface area (Å²) in [6, 6.07) is 12.4. The predicted molar refractivity (Wildman–Crippen MR) is 80.8 cm³/mol. The van der Waals surface area contributed by atoms with Gasteiger partial charge in [-0.05, 0) is 55.3 Å². The van der Waals surface area contributed by atoms with Crippen LogP contribution in [0.1, 0.15) is 11.1 Å². The van der Waals surface area contributed by atoms with Crippen molar-refractivity contribution >= 4 is 15.9 Å². The Hall–Kier alpha value is -1.26. The van der Waals surface area contributed by atoms with Gasteiger partial charge in [0, 0.05) is 10.5 Å². The maximum absolute atomic E-state index is 13.2. The molecule has 2 rings (SSSR count). The smallest absolute Gasteiger partial charge is 0.159 e. The quantitative estimate of drug-likeness (QED) is 0.864. The lowest BCUT2D eigenvalue weighted by atomic mass is 9.99. The monoisotopic (exact) mass is 339 g/mol. The normalized spacial score (nSPS) is 12.4. The van der Waals surface area contributed by atoms with Crippen molar-refractivity contribution in [1.82, 2.24) is 5.32 Å². The topological polar surface area (TPSA) is 12.0 Å². The molecular formula is C16H16BrF2N. The van der Waals surface area contributed by atoms with E-state index in [2.05, 4.69) is 33.4 Å². The lowest BCUT2D eigenvalue weighted by molar-refractivity contribution is 0.503. The fourth-order valence-electron chi connectivity index (χ4n) is 2.13. The largest absolute Gasteiger partial charge is 0.316 e. The van der Waals surface area contributed by atoms with Gasteiger partial charge in [-0.25, -0.2) is 8.78 Å². The molecule has 1 atom stereocenters. The Morgan fingerprint density at radius 2 is 1.55 bits per heavy atom. The number of benzene rings is 2. The lowest BCUT2D eigenvalue weighted by Crippen LogP contribution is -2.29. The summed E-state index contributed by atoms with van der Waals surface area (Å²) in [7, 11) is 1.88. The van der Waals surface area contributed by atoms with E-state index in [-0.39, 0.29) is 6.04 Å². The minimum absolute atomic E-state index is 0.182. The lowest BCUT2D eigenvalue weighted by Gasteiger charge is -2.16. The Bertz CT molecular complexity index is 569. The molecule has 1 nitrogen and oxygen atoms in total. The van der Waals surface area contributed by atoms with Gasteiger partial charge >= 0.3 is 0 Å². The number of hydrogen-bond acceptors (Lipinski definition) is 1. The maximum atomic E-state index is 13.2. The SMILES string of the molecule is CNC(Cc1ccc(Br)cc1)Cc1ccc(F)c(F)c1. The van der Waals surface area contributed by atoms with Crippen molar-refractivity contribution in [1.29, 1.82) is 0 Å². The number of rotatable bonds is 5. The third-order valence-electron chi connectivity index (χ3n) is 3.27. The summed E-state index contributed by atoms with van der Waals surface area (Å²) in [6.07, 6.45) is 1.49. The van der Waals surface area contributed by atoms with Crippen LogP contribution >= 0.6 is 15.9 Å². The van der Waals surface area contributed by atoms with Crippen LogP contribution in [0.5, 0.6) is 0 Å². The van der Waals surface area contributed by atoms with Gasteiger partial charge in [-0.3, -0.25) is 0 Å². The van der Waals surface area contributed by atoms with Crippen LogP contribution in [-0.2, 0) is 12.8 Å². The van der Waals surface area contributed by atoms with Crippen molar-refractivity contribution in [2.75, 3.05) is 7.05 Å². The van der Waals surface area contributed by atoms with Crippen LogP contribution < -0.4 is 5.32 Å². The molecule has 106 valence electrons. The molecule has 2 aromatic carbocycles. The summed E-state index contributed by atoms with van der Waals surface area (Å²) in [5.74, 6) is -1.59. The first kappa shape index (κ1) is 15.1. The Morgan fingerprint density at radius 1 is 0.950 bits per heavy atom. The highest BCUT2D eigenvalue weighted by Gasteiger charge is 2.10. The maximum Gasteiger partial charge on any atom is 0.159 e. The molecule has 0 saturated carbocycles. The predicted octanol–water partition coefficient (Wildman–Crippen LogP) is 4.10. The number of halogens is 3. The van der Waals surface area contributed by atoms with E-state index in [1.165, 1.54) is 17.7 Å². The average Bonchev–Trinajstić information content (AvgIpc) is 2.44. The molecule has 0 fully saturated rings. The van der Waals surface area contributed by atoms with Crippen molar-refractivity contribution in [2.24, 2.45) is 0 Å². The minimum Gasteiger partial charge on any atom is -0.316 e. The Labute approximate surface area is 126 Å². The average molecular weight is 340 g/mol. The van der Waals surface area contributed by atoms with Crippen molar-refractivity contribution in [3.63, 3.8) is 0 Å². The molecule has 0 bridgehead atoms. The Morgan fingerprint density at radius 3 is 2.15 bits per heavy atom. The van der Waals surface area contributed by atoms with Gasteiger partial charge in [-0.2, -0.15) is 0 Å². The summed E-state index contributed by atoms with van der Waals surface area (Å²) in [4.78, 5) is 0. The summed E-state index contributed by atoms with van der Waals surface area (Å²) in [5, 5.41) is 3.22. The Kier molecular flexibility index (Phi) is 5.26. The van der Waals surface area contributed by atoms with Crippen molar-refractivity contribution in [3.8, 4) is 0 Å². The van der Waals surface area contributed by atoms with E-state index < -0.39 is 11.6 Å². The fraction of sp³-hybridized carbons (Fsp3) is 0.250. The molecule has 0 radical (unpaired) electrons. The van der Waals surface area contributed by atoms with Gasteiger partial charge in [0.25, 0.3) is 0 Å². The van der Waals surface area contributed by atoms with E-state index in [1.54, 1.807) is 6.07 Å². The molecule has 0 amide bonds. The molecule has 0 spiro atoms. The summed E-state index contributed by atoms with van der Waals surface area (Å²) in [5.41, 5.74) is 2.00. The zero-order valence-corrected chi connectivity index (χ0v) is 12.8. The summed E-state index contributed by atoms with van der Waals surface area (Å²) < 4.78 is 27.2. The molecule has 0 saturated heterocycles. The minimum atomic E-state index is -0.803. The molecule has 1 N–H and O–H groups in total. The molecule has 0 aliphatic carbocycles. The first-order chi connectivity index (χ1) is 9.58. The van der Waals surface area contributed by atoms with Gasteiger partial charge in [-0.1, -0.05) is 34.1 Å². The summed E-state index contributed by atoms with van der Waals surface area (Å²) >= 11 is 3.40. The molecular weight excluding hydrogens is 324 g/mol. The number of nitrogens with one attached hydrogen (secondary N) is 1. The van der Waals surface area contributed by atoms with E-state index in [0.29, 0.717) is 6.42 Å². The third-order valence-corrected chi connectivity index (χ3v) is 3.80. The van der Waals surface area contributed by atoms with Gasteiger partial charge in [0.15, 0.2) is 11.6 Å². The molecule has 0 aromatic heterocycles. The van der Waals surface area contributed by atoms with Crippen molar-refractivity contribution in [2.45, 2.75) is 18.9 Å². The van der Waals surface area contributed by atoms with E-state index in [4.69, 9.17) is 0 Å². The van der Waals surface area contributed by atoms with Crippen molar-refractivity contribution in [3.05, 3.63) is 69.7 Å². The van der Waals surface area contributed by atoms with Crippen LogP contribution in [0.4, 0.5) is 8.78 Å². The van der Waals surface area contributed by atoms with Crippen LogP contribution in [0.2, 0.25) is 0 Å². The molecule has 0 aliphatic rings. The highest BCUT2D eigenvalue weighted by Crippen LogP contribution is 2.15. The van der Waals surface area contributed by atoms with Gasteiger partial charge in [0.2, 0.25) is 0 Å². The molecule has 1 unspecified atom stereocenters. The molecule has 20 heavy (non-hydrogen) atoms. The zero-order chi connectivity index (χ0) is 14.5. The van der Waals surface area contributed by atoms with E-state index in [1.807, 2.05) is 19.2 Å². The van der Waals surface area contributed by atoms with E-state index >= 15 is 0 Å². The molecule has 4 heteroatoms. The van der Waals surface area contributed by atoms with Gasteiger partial charge in [0.1, 0.15) is 0 Å². The zero-order valence-electron chi connectivity index (χ0n) is 11.2. The molecule has 2 aromatic rings. The van der Waals surface area contributed by atoms with Crippen LogP contribution in [0.15, 0.2) is 46.9 Å². The van der Waals surface area contributed by atoms with Crippen LogP contribution in [0.3, 0.4) is 0 Å². The van der Waals surface area contributed by atoms with E-state index in [9.17, 15) is 8.78 Å². The van der Waals surface area contributed by atoms with Crippen LogP contribution in [0.25, 0.3) is 0 Å². The van der Waals surface area contributed by atoms with Crippen molar-refractivity contribution < 1.29 is 8.78 Å². The second-order valence-corrected chi connectivity index (χ2v) is 5.68. The molecule has 0 heterocycles. The highest BCUT2D eigenvalue weighted by atomic mass is 79.9. The van der Waals surface area contributed by atoms with E-state index in [0.717, 1.165) is 16.5 Å². The second kappa shape index (κ2) is 6.95. The molecule has 0 aliphatic heterocycles. The van der Waals surface area contributed by atoms with Gasteiger partial charge < -0.3 is 5.32 Å². The summed E-state index contributed by atoms with van der Waals surface area (Å²) in [6.45, 7) is 0. The third kappa shape index (κ3) is 4.12. The Balaban J connectivity index is 2.04. The highest BCUT2D eigenvalue weighted by molar-refractivity contribution is 9.10. The van der Waals surface area contributed by atoms with Gasteiger partial charge in [-0.15, -0.1) is 0 Å². The standard InChI is InChI=1S/C16H16BrF2N/c1-20-14(8-11-2-5-13(17)6-3-11)9-12-4-7-15(18)16(19)10-12/h2-7,10,14,20H,8-9H2,1H3. The first-order valence-corrected chi connectivity index (χ1v) is 7.23. The van der Waals surface area contributed by atoms with Gasteiger partial charge in [0.05, 0.1) is 0 Å². The number of likely N-dealkylation sites (N-methyl/N-ethyl adjacent to an activating group) is 1. The second-order valence-electron chi connectivity index (χ2n) is 4.77. The first-order valence-electron chi connectivity index (χ1n) is 6.44.